The third-order valence-corrected chi connectivity index (χ3v) is 4.63. The van der Waals surface area contributed by atoms with E-state index in [9.17, 15) is 14.4 Å². The number of halogens is 1. The van der Waals surface area contributed by atoms with Gasteiger partial charge in [-0.1, -0.05) is 18.0 Å². The fraction of sp³-hybridized carbons (Fsp3) is 0.500. The lowest BCUT2D eigenvalue weighted by atomic mass is 10.1. The zero-order chi connectivity index (χ0) is 18.9. The third kappa shape index (κ3) is 6.22. The van der Waals surface area contributed by atoms with Gasteiger partial charge in [0.25, 0.3) is 5.91 Å². The van der Waals surface area contributed by atoms with Gasteiger partial charge >= 0.3 is 6.03 Å². The quantitative estimate of drug-likeness (QED) is 0.706. The number of rotatable bonds is 7. The van der Waals surface area contributed by atoms with Crippen LogP contribution >= 0.6 is 11.6 Å². The molecule has 1 heterocycles. The van der Waals surface area contributed by atoms with E-state index in [0.717, 1.165) is 19.3 Å². The van der Waals surface area contributed by atoms with E-state index in [4.69, 9.17) is 17.3 Å². The molecule has 1 fully saturated rings. The first-order chi connectivity index (χ1) is 12.5. The molecular formula is C18H25ClN4O3. The number of piperazine rings is 1. The van der Waals surface area contributed by atoms with Gasteiger partial charge in [0.1, 0.15) is 0 Å². The zero-order valence-corrected chi connectivity index (χ0v) is 15.5. The van der Waals surface area contributed by atoms with Crippen molar-refractivity contribution in [3.05, 3.63) is 34.9 Å². The molecule has 7 nitrogen and oxygen atoms in total. The maximum Gasteiger partial charge on any atom is 0.312 e. The second-order valence-corrected chi connectivity index (χ2v) is 6.72. The number of urea groups is 1. The topological polar surface area (TPSA) is 95.7 Å². The number of nitrogens with one attached hydrogen (secondary N) is 1. The van der Waals surface area contributed by atoms with Crippen LogP contribution in [0.3, 0.4) is 0 Å². The number of amides is 4. The van der Waals surface area contributed by atoms with E-state index < -0.39 is 6.03 Å². The van der Waals surface area contributed by atoms with E-state index in [2.05, 4.69) is 5.32 Å². The Morgan fingerprint density at radius 1 is 0.962 bits per heavy atom. The van der Waals surface area contributed by atoms with Gasteiger partial charge in [-0.15, -0.1) is 0 Å². The summed E-state index contributed by atoms with van der Waals surface area (Å²) in [5, 5.41) is 3.13. The third-order valence-electron chi connectivity index (χ3n) is 4.38. The molecule has 2 rings (SSSR count). The Morgan fingerprint density at radius 3 is 2.19 bits per heavy atom. The van der Waals surface area contributed by atoms with Gasteiger partial charge in [-0.25, -0.2) is 4.79 Å². The molecule has 0 radical (unpaired) electrons. The number of carbonyl (C=O) groups is 3. The maximum absolute atomic E-state index is 12.4. The molecular weight excluding hydrogens is 356 g/mol. The van der Waals surface area contributed by atoms with E-state index in [1.54, 1.807) is 29.2 Å². The highest BCUT2D eigenvalue weighted by atomic mass is 35.5. The molecule has 26 heavy (non-hydrogen) atoms. The number of unbranched alkanes of at least 4 members (excludes halogenated alkanes) is 2. The second kappa shape index (κ2) is 10.0. The summed E-state index contributed by atoms with van der Waals surface area (Å²) >= 11 is 5.85. The molecule has 3 N–H and O–H groups in total. The largest absolute Gasteiger partial charge is 0.352 e. The number of carbonyl (C=O) groups excluding carboxylic acids is 3. The van der Waals surface area contributed by atoms with Crippen molar-refractivity contribution in [1.82, 2.24) is 15.1 Å². The summed E-state index contributed by atoms with van der Waals surface area (Å²) < 4.78 is 0. The molecule has 4 amide bonds. The normalized spacial score (nSPS) is 14.2. The zero-order valence-electron chi connectivity index (χ0n) is 14.7. The first kappa shape index (κ1) is 20.0. The van der Waals surface area contributed by atoms with Crippen LogP contribution in [0.15, 0.2) is 24.3 Å². The van der Waals surface area contributed by atoms with Gasteiger partial charge in [0.15, 0.2) is 0 Å². The van der Waals surface area contributed by atoms with E-state index >= 15 is 0 Å². The van der Waals surface area contributed by atoms with Crippen LogP contribution in [0.25, 0.3) is 0 Å². The van der Waals surface area contributed by atoms with Crippen LogP contribution in [0.5, 0.6) is 0 Å². The van der Waals surface area contributed by atoms with Crippen molar-refractivity contribution in [2.45, 2.75) is 25.7 Å². The molecule has 0 saturated carbocycles. The Morgan fingerprint density at radius 2 is 1.58 bits per heavy atom. The highest BCUT2D eigenvalue weighted by Gasteiger charge is 2.24. The van der Waals surface area contributed by atoms with Gasteiger partial charge in [0.2, 0.25) is 5.91 Å². The molecule has 1 aliphatic heterocycles. The van der Waals surface area contributed by atoms with Crippen LogP contribution < -0.4 is 11.1 Å². The minimum absolute atomic E-state index is 0.0317. The lowest BCUT2D eigenvalue weighted by molar-refractivity contribution is -0.132. The van der Waals surface area contributed by atoms with Crippen molar-refractivity contribution in [1.29, 1.82) is 0 Å². The molecule has 0 bridgehead atoms. The van der Waals surface area contributed by atoms with Gasteiger partial charge in [0.05, 0.1) is 0 Å². The highest BCUT2D eigenvalue weighted by molar-refractivity contribution is 6.30. The van der Waals surface area contributed by atoms with E-state index in [1.807, 2.05) is 4.90 Å². The van der Waals surface area contributed by atoms with E-state index in [0.29, 0.717) is 49.7 Å². The van der Waals surface area contributed by atoms with E-state index in [-0.39, 0.29) is 11.8 Å². The molecule has 0 aromatic heterocycles. The maximum atomic E-state index is 12.4. The SMILES string of the molecule is NC(=O)NCCCCCC(=O)N1CCN(C(=O)c2ccc(Cl)cc2)CC1. The summed E-state index contributed by atoms with van der Waals surface area (Å²) in [6.45, 7) is 2.73. The van der Waals surface area contributed by atoms with Gasteiger partial charge < -0.3 is 20.9 Å². The number of nitrogens with zero attached hydrogens (tertiary/aromatic N) is 2. The fourth-order valence-electron chi connectivity index (χ4n) is 2.88. The van der Waals surface area contributed by atoms with Crippen LogP contribution in [0.4, 0.5) is 4.79 Å². The summed E-state index contributed by atoms with van der Waals surface area (Å²) in [6.07, 6.45) is 2.94. The smallest absolute Gasteiger partial charge is 0.312 e. The summed E-state index contributed by atoms with van der Waals surface area (Å²) in [5.41, 5.74) is 5.59. The number of benzene rings is 1. The van der Waals surface area contributed by atoms with E-state index in [1.165, 1.54) is 0 Å². The Balaban J connectivity index is 1.67. The fourth-order valence-corrected chi connectivity index (χ4v) is 3.01. The van der Waals surface area contributed by atoms with Crippen molar-refractivity contribution in [3.63, 3.8) is 0 Å². The standard InChI is InChI=1S/C18H25ClN4O3/c19-15-7-5-14(6-8-15)17(25)23-12-10-22(11-13-23)16(24)4-2-1-3-9-21-18(20)26/h5-8H,1-4,9-13H2,(H3,20,21,26). The van der Waals surface area contributed by atoms with Crippen LogP contribution in [0.2, 0.25) is 5.02 Å². The molecule has 142 valence electrons. The molecule has 0 atom stereocenters. The molecule has 1 aromatic carbocycles. The van der Waals surface area contributed by atoms with Crippen LogP contribution in [-0.2, 0) is 4.79 Å². The lowest BCUT2D eigenvalue weighted by Gasteiger charge is -2.35. The molecule has 0 spiro atoms. The number of nitrogens with two attached hydrogens (primary N) is 1. The predicted molar refractivity (Wildman–Crippen MR) is 100.0 cm³/mol. The summed E-state index contributed by atoms with van der Waals surface area (Å²) in [4.78, 5) is 38.8. The van der Waals surface area contributed by atoms with Gasteiger partial charge in [-0.05, 0) is 37.1 Å². The highest BCUT2D eigenvalue weighted by Crippen LogP contribution is 2.14. The average molecular weight is 381 g/mol. The molecule has 1 saturated heterocycles. The first-order valence-electron chi connectivity index (χ1n) is 8.83. The number of primary amides is 1. The molecule has 0 unspecified atom stereocenters. The molecule has 1 aliphatic rings. The Hall–Kier alpha value is -2.28. The number of hydrogen-bond acceptors (Lipinski definition) is 3. The predicted octanol–water partition coefficient (Wildman–Crippen LogP) is 1.85. The van der Waals surface area contributed by atoms with Crippen LogP contribution in [0.1, 0.15) is 36.0 Å². The first-order valence-corrected chi connectivity index (χ1v) is 9.21. The van der Waals surface area contributed by atoms with Crippen molar-refractivity contribution in [2.75, 3.05) is 32.7 Å². The minimum Gasteiger partial charge on any atom is -0.352 e. The Labute approximate surface area is 158 Å². The summed E-state index contributed by atoms with van der Waals surface area (Å²) in [5.74, 6) is 0.0853. The van der Waals surface area contributed by atoms with Gasteiger partial charge in [-0.3, -0.25) is 9.59 Å². The Kier molecular flexibility index (Phi) is 7.72. The molecule has 1 aromatic rings. The average Bonchev–Trinajstić information content (AvgIpc) is 2.64. The van der Waals surface area contributed by atoms with Crippen molar-refractivity contribution in [3.8, 4) is 0 Å². The number of hydrogen-bond donors (Lipinski definition) is 2. The van der Waals surface area contributed by atoms with Gasteiger partial charge in [0, 0.05) is 49.7 Å². The van der Waals surface area contributed by atoms with Crippen molar-refractivity contribution in [2.24, 2.45) is 5.73 Å². The second-order valence-electron chi connectivity index (χ2n) is 6.28. The van der Waals surface area contributed by atoms with Crippen molar-refractivity contribution >= 4 is 29.4 Å². The van der Waals surface area contributed by atoms with Gasteiger partial charge in [-0.2, -0.15) is 0 Å². The molecule has 0 aliphatic carbocycles. The Bertz CT molecular complexity index is 628. The van der Waals surface area contributed by atoms with Crippen LogP contribution in [0, 0.1) is 0 Å². The minimum atomic E-state index is -0.521. The summed E-state index contributed by atoms with van der Waals surface area (Å²) in [6, 6.07) is 6.32. The molecule has 8 heteroatoms. The van der Waals surface area contributed by atoms with Crippen LogP contribution in [-0.4, -0.2) is 60.4 Å². The summed E-state index contributed by atoms with van der Waals surface area (Å²) in [7, 11) is 0. The monoisotopic (exact) mass is 380 g/mol. The van der Waals surface area contributed by atoms with Crippen molar-refractivity contribution < 1.29 is 14.4 Å². The lowest BCUT2D eigenvalue weighted by Crippen LogP contribution is -2.50.